The molecular formula is C30H30FNO7S. The molecule has 0 fully saturated rings. The van der Waals surface area contributed by atoms with Crippen LogP contribution >= 0.6 is 0 Å². The molecule has 4 rings (SSSR count). The minimum absolute atomic E-state index is 0.105. The van der Waals surface area contributed by atoms with E-state index in [0.717, 1.165) is 0 Å². The number of carbonyl (C=O) groups excluding carboxylic acids is 2. The summed E-state index contributed by atoms with van der Waals surface area (Å²) in [7, 11) is -3.72. The number of halogens is 1. The number of esters is 2. The predicted molar refractivity (Wildman–Crippen MR) is 151 cm³/mol. The van der Waals surface area contributed by atoms with E-state index < -0.39 is 33.4 Å². The van der Waals surface area contributed by atoms with Gasteiger partial charge in [-0.05, 0) is 82.6 Å². The Morgan fingerprint density at radius 3 is 2.27 bits per heavy atom. The van der Waals surface area contributed by atoms with Crippen molar-refractivity contribution in [2.24, 2.45) is 0 Å². The Bertz CT molecular complexity index is 1680. The van der Waals surface area contributed by atoms with Crippen molar-refractivity contribution in [3.8, 4) is 22.5 Å². The van der Waals surface area contributed by atoms with Crippen LogP contribution in [-0.4, -0.2) is 38.3 Å². The molecule has 0 unspecified atom stereocenters. The highest BCUT2D eigenvalue weighted by Crippen LogP contribution is 2.40. The second-order valence-electron chi connectivity index (χ2n) is 10.0. The van der Waals surface area contributed by atoms with Gasteiger partial charge in [0.15, 0.2) is 0 Å². The van der Waals surface area contributed by atoms with Crippen molar-refractivity contribution in [3.63, 3.8) is 0 Å². The molecule has 40 heavy (non-hydrogen) atoms. The molecule has 0 saturated carbocycles. The number of anilines is 1. The lowest BCUT2D eigenvalue weighted by Gasteiger charge is -2.20. The zero-order valence-corrected chi connectivity index (χ0v) is 23.6. The Morgan fingerprint density at radius 2 is 1.65 bits per heavy atom. The number of benzene rings is 3. The third kappa shape index (κ3) is 6.34. The summed E-state index contributed by atoms with van der Waals surface area (Å²) >= 11 is 0. The van der Waals surface area contributed by atoms with Crippen LogP contribution in [0.4, 0.5) is 10.1 Å². The van der Waals surface area contributed by atoms with Crippen molar-refractivity contribution >= 4 is 38.6 Å². The van der Waals surface area contributed by atoms with Crippen molar-refractivity contribution in [3.05, 3.63) is 77.6 Å². The molecule has 0 bridgehead atoms. The molecule has 8 nitrogen and oxygen atoms in total. The number of rotatable bonds is 8. The van der Waals surface area contributed by atoms with Crippen LogP contribution in [0.5, 0.6) is 0 Å². The number of ether oxygens (including phenoxy) is 2. The Kier molecular flexibility index (Phi) is 8.02. The van der Waals surface area contributed by atoms with Crippen LogP contribution in [0.1, 0.15) is 55.3 Å². The molecule has 0 aliphatic rings. The molecule has 1 aromatic heterocycles. The van der Waals surface area contributed by atoms with E-state index in [-0.39, 0.29) is 40.5 Å². The highest BCUT2D eigenvalue weighted by atomic mass is 32.2. The van der Waals surface area contributed by atoms with Gasteiger partial charge in [-0.1, -0.05) is 12.1 Å². The van der Waals surface area contributed by atoms with Gasteiger partial charge in [0.05, 0.1) is 23.6 Å². The first-order chi connectivity index (χ1) is 18.8. The number of sulfonamides is 1. The molecule has 3 aromatic carbocycles. The van der Waals surface area contributed by atoms with E-state index in [1.54, 1.807) is 58.0 Å². The first-order valence-corrected chi connectivity index (χ1v) is 14.3. The Balaban J connectivity index is 1.98. The zero-order chi connectivity index (χ0) is 29.2. The summed E-state index contributed by atoms with van der Waals surface area (Å²) in [6.45, 7) is 8.55. The van der Waals surface area contributed by atoms with E-state index in [2.05, 4.69) is 4.72 Å². The highest BCUT2D eigenvalue weighted by Gasteiger charge is 2.26. The van der Waals surface area contributed by atoms with E-state index in [1.165, 1.54) is 37.3 Å². The summed E-state index contributed by atoms with van der Waals surface area (Å²) in [5, 5.41) is 0.356. The molecule has 0 amide bonds. The van der Waals surface area contributed by atoms with Crippen LogP contribution in [0.15, 0.2) is 65.1 Å². The standard InChI is InChI=1S/C30H30FNO7S/c1-6-37-29(34)26-23-16-22(19-9-8-10-20(15-19)28(33)39-30(3,4)5)24(32-40(35,36)7-2)17-25(23)38-27(26)18-11-13-21(31)14-12-18/h8-17,32H,6-7H2,1-5H3. The number of fused-ring (bicyclic) bond motifs is 1. The van der Waals surface area contributed by atoms with Gasteiger partial charge in [0, 0.05) is 22.6 Å². The maximum atomic E-state index is 13.6. The van der Waals surface area contributed by atoms with Crippen LogP contribution in [-0.2, 0) is 19.5 Å². The zero-order valence-electron chi connectivity index (χ0n) is 22.8. The lowest BCUT2D eigenvalue weighted by atomic mass is 9.97. The molecule has 210 valence electrons. The minimum Gasteiger partial charge on any atom is -0.462 e. The average molecular weight is 568 g/mol. The second kappa shape index (κ2) is 11.1. The van der Waals surface area contributed by atoms with Crippen molar-refractivity contribution < 1.29 is 36.3 Å². The summed E-state index contributed by atoms with van der Waals surface area (Å²) in [6, 6.07) is 15.1. The van der Waals surface area contributed by atoms with Crippen molar-refractivity contribution in [2.45, 2.75) is 40.2 Å². The molecule has 0 aliphatic heterocycles. The molecule has 10 heteroatoms. The number of carbonyl (C=O) groups is 2. The van der Waals surface area contributed by atoms with E-state index >= 15 is 0 Å². The molecular weight excluding hydrogens is 537 g/mol. The number of hydrogen-bond acceptors (Lipinski definition) is 7. The lowest BCUT2D eigenvalue weighted by Crippen LogP contribution is -2.23. The summed E-state index contributed by atoms with van der Waals surface area (Å²) in [6.07, 6.45) is 0. The fourth-order valence-electron chi connectivity index (χ4n) is 4.07. The molecule has 4 aromatic rings. The average Bonchev–Trinajstić information content (AvgIpc) is 3.26. The van der Waals surface area contributed by atoms with Gasteiger partial charge in [0.1, 0.15) is 28.3 Å². The van der Waals surface area contributed by atoms with Gasteiger partial charge < -0.3 is 13.9 Å². The lowest BCUT2D eigenvalue weighted by molar-refractivity contribution is 0.00692. The predicted octanol–water partition coefficient (Wildman–Crippen LogP) is 6.80. The SMILES string of the molecule is CCOC(=O)c1c(-c2ccc(F)cc2)oc2cc(NS(=O)(=O)CC)c(-c3cccc(C(=O)OC(C)(C)C)c3)cc12. The van der Waals surface area contributed by atoms with Crippen LogP contribution < -0.4 is 4.72 Å². The van der Waals surface area contributed by atoms with Crippen LogP contribution in [0.2, 0.25) is 0 Å². The molecule has 0 saturated heterocycles. The first-order valence-electron chi connectivity index (χ1n) is 12.7. The van der Waals surface area contributed by atoms with Crippen molar-refractivity contribution in [2.75, 3.05) is 17.1 Å². The fourth-order valence-corrected chi connectivity index (χ4v) is 4.72. The summed E-state index contributed by atoms with van der Waals surface area (Å²) in [4.78, 5) is 25.9. The van der Waals surface area contributed by atoms with E-state index in [0.29, 0.717) is 22.1 Å². The van der Waals surface area contributed by atoms with E-state index in [1.807, 2.05) is 0 Å². The van der Waals surface area contributed by atoms with Gasteiger partial charge in [-0.15, -0.1) is 0 Å². The van der Waals surface area contributed by atoms with Gasteiger partial charge in [-0.2, -0.15) is 0 Å². The van der Waals surface area contributed by atoms with Crippen molar-refractivity contribution in [1.82, 2.24) is 0 Å². The van der Waals surface area contributed by atoms with Crippen molar-refractivity contribution in [1.29, 1.82) is 0 Å². The first kappa shape index (κ1) is 28.8. The van der Waals surface area contributed by atoms with Gasteiger partial charge >= 0.3 is 11.9 Å². The Labute approximate surface area is 232 Å². The quantitative estimate of drug-likeness (QED) is 0.233. The maximum Gasteiger partial charge on any atom is 0.342 e. The number of nitrogens with one attached hydrogen (secondary N) is 1. The highest BCUT2D eigenvalue weighted by molar-refractivity contribution is 7.92. The third-order valence-corrected chi connectivity index (χ3v) is 7.16. The Hall–Kier alpha value is -4.18. The number of furan rings is 1. The van der Waals surface area contributed by atoms with Crippen LogP contribution in [0.3, 0.4) is 0 Å². The fraction of sp³-hybridized carbons (Fsp3) is 0.267. The molecule has 0 spiro atoms. The van der Waals surface area contributed by atoms with Gasteiger partial charge in [0.2, 0.25) is 10.0 Å². The van der Waals surface area contributed by atoms with Gasteiger partial charge in [0.25, 0.3) is 0 Å². The molecule has 0 aliphatic carbocycles. The monoisotopic (exact) mass is 567 g/mol. The summed E-state index contributed by atoms with van der Waals surface area (Å²) in [5.41, 5.74) is 1.39. The van der Waals surface area contributed by atoms with Crippen LogP contribution in [0.25, 0.3) is 33.4 Å². The molecule has 1 heterocycles. The second-order valence-corrected chi connectivity index (χ2v) is 12.0. The largest absolute Gasteiger partial charge is 0.462 e. The summed E-state index contributed by atoms with van der Waals surface area (Å²) < 4.78 is 58.3. The maximum absolute atomic E-state index is 13.6. The smallest absolute Gasteiger partial charge is 0.342 e. The topological polar surface area (TPSA) is 112 Å². The van der Waals surface area contributed by atoms with Gasteiger partial charge in [-0.3, -0.25) is 4.72 Å². The molecule has 0 radical (unpaired) electrons. The van der Waals surface area contributed by atoms with E-state index in [4.69, 9.17) is 13.9 Å². The van der Waals surface area contributed by atoms with E-state index in [9.17, 15) is 22.4 Å². The van der Waals surface area contributed by atoms with Crippen LogP contribution in [0, 0.1) is 5.82 Å². The Morgan fingerprint density at radius 1 is 0.950 bits per heavy atom. The molecule has 0 atom stereocenters. The normalized spacial score (nSPS) is 11.8. The number of hydrogen-bond donors (Lipinski definition) is 1. The minimum atomic E-state index is -3.72. The molecule has 1 N–H and O–H groups in total. The third-order valence-electron chi connectivity index (χ3n) is 5.87. The van der Waals surface area contributed by atoms with Gasteiger partial charge in [-0.25, -0.2) is 22.4 Å². The summed E-state index contributed by atoms with van der Waals surface area (Å²) in [5.74, 6) is -1.69.